The van der Waals surface area contributed by atoms with Crippen LogP contribution in [0, 0.1) is 6.92 Å². The average molecular weight is 345 g/mol. The fourth-order valence-electron chi connectivity index (χ4n) is 2.34. The minimum absolute atomic E-state index is 0.296. The summed E-state index contributed by atoms with van der Waals surface area (Å²) < 4.78 is 29.5. The highest BCUT2D eigenvalue weighted by molar-refractivity contribution is 7.93. The van der Waals surface area contributed by atoms with E-state index >= 15 is 0 Å². The van der Waals surface area contributed by atoms with E-state index in [1.54, 1.807) is 43.0 Å². The topological polar surface area (TPSA) is 89.2 Å². The molecule has 0 saturated heterocycles. The molecule has 7 nitrogen and oxygen atoms in total. The van der Waals surface area contributed by atoms with Crippen molar-refractivity contribution in [1.29, 1.82) is 0 Å². The van der Waals surface area contributed by atoms with Gasteiger partial charge in [0, 0.05) is 30.6 Å². The summed E-state index contributed by atoms with van der Waals surface area (Å²) in [7, 11) is -3.62. The molecule has 24 heavy (non-hydrogen) atoms. The summed E-state index contributed by atoms with van der Waals surface area (Å²) in [5.74, 6) is 0.457. The molecule has 0 aliphatic carbocycles. The van der Waals surface area contributed by atoms with Crippen molar-refractivity contribution in [3.8, 4) is 0 Å². The van der Waals surface area contributed by atoms with Crippen LogP contribution in [0.4, 0.5) is 5.82 Å². The molecule has 0 aromatic carbocycles. The number of hydrogen-bond donors (Lipinski definition) is 1. The summed E-state index contributed by atoms with van der Waals surface area (Å²) in [6.07, 6.45) is 5.14. The third-order valence-corrected chi connectivity index (χ3v) is 5.90. The molecule has 126 valence electrons. The third kappa shape index (κ3) is 3.23. The highest BCUT2D eigenvalue weighted by Crippen LogP contribution is 2.23. The normalized spacial score (nSPS) is 14.5. The standard InChI is InChI=1S/C16H19N5O2S/c1-11-9-17-16(18-10-11)12(2)13(3)24(22,23)20-15-8-14-6-4-5-7-21(14)19-15/h4-10,12-13H,1-3H3,(H,19,20)/t12-,13-/m0/s1. The largest absolute Gasteiger partial charge is 0.266 e. The number of aryl methyl sites for hydroxylation is 1. The van der Waals surface area contributed by atoms with Crippen molar-refractivity contribution in [1.82, 2.24) is 19.6 Å². The Labute approximate surface area is 140 Å². The highest BCUT2D eigenvalue weighted by Gasteiger charge is 2.29. The van der Waals surface area contributed by atoms with Crippen molar-refractivity contribution in [3.63, 3.8) is 0 Å². The predicted molar refractivity (Wildman–Crippen MR) is 92.4 cm³/mol. The Kier molecular flexibility index (Phi) is 4.23. The number of sulfonamides is 1. The smallest absolute Gasteiger partial charge is 0.237 e. The Morgan fingerprint density at radius 1 is 1.17 bits per heavy atom. The highest BCUT2D eigenvalue weighted by atomic mass is 32.2. The van der Waals surface area contributed by atoms with Crippen LogP contribution in [0.15, 0.2) is 42.9 Å². The van der Waals surface area contributed by atoms with Crippen LogP contribution >= 0.6 is 0 Å². The number of aromatic nitrogens is 4. The Morgan fingerprint density at radius 2 is 1.88 bits per heavy atom. The molecular formula is C16H19N5O2S. The molecule has 1 N–H and O–H groups in total. The maximum absolute atomic E-state index is 12.6. The molecule has 0 fully saturated rings. The van der Waals surface area contributed by atoms with Crippen LogP contribution in [0.1, 0.15) is 31.2 Å². The van der Waals surface area contributed by atoms with Gasteiger partial charge in [-0.3, -0.25) is 4.72 Å². The quantitative estimate of drug-likeness (QED) is 0.767. The molecule has 8 heteroatoms. The number of nitrogens with zero attached hydrogens (tertiary/aromatic N) is 4. The lowest BCUT2D eigenvalue weighted by Crippen LogP contribution is -2.30. The van der Waals surface area contributed by atoms with Crippen LogP contribution in [-0.4, -0.2) is 33.2 Å². The van der Waals surface area contributed by atoms with E-state index in [1.807, 2.05) is 25.1 Å². The lowest BCUT2D eigenvalue weighted by molar-refractivity contribution is 0.568. The van der Waals surface area contributed by atoms with Gasteiger partial charge >= 0.3 is 0 Å². The maximum Gasteiger partial charge on any atom is 0.237 e. The minimum Gasteiger partial charge on any atom is -0.266 e. The monoisotopic (exact) mass is 345 g/mol. The van der Waals surface area contributed by atoms with Gasteiger partial charge in [0.2, 0.25) is 10.0 Å². The molecule has 3 aromatic rings. The second kappa shape index (κ2) is 6.20. The van der Waals surface area contributed by atoms with E-state index in [0.717, 1.165) is 11.1 Å². The van der Waals surface area contributed by atoms with Crippen molar-refractivity contribution in [2.75, 3.05) is 4.72 Å². The van der Waals surface area contributed by atoms with E-state index in [2.05, 4.69) is 19.8 Å². The molecule has 0 aliphatic rings. The van der Waals surface area contributed by atoms with Gasteiger partial charge in [-0.05, 0) is 31.5 Å². The van der Waals surface area contributed by atoms with E-state index in [0.29, 0.717) is 11.6 Å². The van der Waals surface area contributed by atoms with Crippen LogP contribution in [0.5, 0.6) is 0 Å². The second-order valence-corrected chi connectivity index (χ2v) is 7.90. The summed E-state index contributed by atoms with van der Waals surface area (Å²) >= 11 is 0. The van der Waals surface area contributed by atoms with Crippen molar-refractivity contribution in [2.24, 2.45) is 0 Å². The first kappa shape index (κ1) is 16.4. The van der Waals surface area contributed by atoms with Gasteiger partial charge < -0.3 is 0 Å². The predicted octanol–water partition coefficient (Wildman–Crippen LogP) is 2.37. The lowest BCUT2D eigenvalue weighted by Gasteiger charge is -2.19. The average Bonchev–Trinajstić information content (AvgIpc) is 2.95. The Balaban J connectivity index is 1.82. The number of rotatable bonds is 5. The zero-order valence-corrected chi connectivity index (χ0v) is 14.5. The van der Waals surface area contributed by atoms with Crippen LogP contribution < -0.4 is 4.72 Å². The van der Waals surface area contributed by atoms with Crippen molar-refractivity contribution < 1.29 is 8.42 Å². The zero-order chi connectivity index (χ0) is 17.3. The fraction of sp³-hybridized carbons (Fsp3) is 0.312. The summed E-state index contributed by atoms with van der Waals surface area (Å²) in [5.41, 5.74) is 1.75. The van der Waals surface area contributed by atoms with Crippen molar-refractivity contribution in [2.45, 2.75) is 31.9 Å². The first-order valence-corrected chi connectivity index (χ1v) is 9.16. The lowest BCUT2D eigenvalue weighted by atomic mass is 10.1. The van der Waals surface area contributed by atoms with Gasteiger partial charge in [0.25, 0.3) is 0 Å². The molecule has 0 bridgehead atoms. The molecule has 3 heterocycles. The maximum atomic E-state index is 12.6. The van der Waals surface area contributed by atoms with Crippen molar-refractivity contribution >= 4 is 21.4 Å². The Bertz CT molecular complexity index is 917. The molecule has 3 rings (SSSR count). The molecule has 3 aromatic heterocycles. The molecule has 0 saturated carbocycles. The summed E-state index contributed by atoms with van der Waals surface area (Å²) in [4.78, 5) is 8.46. The molecule has 2 atom stereocenters. The van der Waals surface area contributed by atoms with Crippen LogP contribution in [0.2, 0.25) is 0 Å². The fourth-order valence-corrected chi connectivity index (χ4v) is 3.58. The van der Waals surface area contributed by atoms with E-state index in [9.17, 15) is 8.42 Å². The van der Waals surface area contributed by atoms with E-state index < -0.39 is 15.3 Å². The minimum atomic E-state index is -3.62. The molecule has 0 spiro atoms. The number of fused-ring (bicyclic) bond motifs is 1. The van der Waals surface area contributed by atoms with Gasteiger partial charge in [0.1, 0.15) is 5.82 Å². The number of nitrogens with one attached hydrogen (secondary N) is 1. The molecule has 0 unspecified atom stereocenters. The molecule has 0 radical (unpaired) electrons. The SMILES string of the molecule is Cc1cnc([C@@H](C)[C@H](C)S(=O)(=O)Nc2cc3ccccn3n2)nc1. The number of pyridine rings is 1. The molecule has 0 amide bonds. The van der Waals surface area contributed by atoms with E-state index in [1.165, 1.54) is 0 Å². The number of hydrogen-bond acceptors (Lipinski definition) is 5. The number of anilines is 1. The first-order chi connectivity index (χ1) is 11.4. The van der Waals surface area contributed by atoms with Crippen LogP contribution in [0.25, 0.3) is 5.52 Å². The second-order valence-electron chi connectivity index (χ2n) is 5.86. The van der Waals surface area contributed by atoms with Gasteiger partial charge in [-0.2, -0.15) is 0 Å². The zero-order valence-electron chi connectivity index (χ0n) is 13.7. The molecule has 0 aliphatic heterocycles. The van der Waals surface area contributed by atoms with Gasteiger partial charge in [0.15, 0.2) is 5.82 Å². The summed E-state index contributed by atoms with van der Waals surface area (Å²) in [5, 5.41) is 3.52. The van der Waals surface area contributed by atoms with Gasteiger partial charge in [0.05, 0.1) is 10.8 Å². The van der Waals surface area contributed by atoms with Crippen LogP contribution in [-0.2, 0) is 10.0 Å². The molecular weight excluding hydrogens is 326 g/mol. The third-order valence-electron chi connectivity index (χ3n) is 4.02. The Morgan fingerprint density at radius 3 is 2.54 bits per heavy atom. The van der Waals surface area contributed by atoms with Gasteiger partial charge in [-0.15, -0.1) is 5.10 Å². The van der Waals surface area contributed by atoms with Gasteiger partial charge in [-0.1, -0.05) is 13.0 Å². The van der Waals surface area contributed by atoms with E-state index in [-0.39, 0.29) is 5.92 Å². The van der Waals surface area contributed by atoms with Gasteiger partial charge in [-0.25, -0.2) is 22.9 Å². The summed E-state index contributed by atoms with van der Waals surface area (Å²) in [6, 6.07) is 7.25. The Hall–Kier alpha value is -2.48. The summed E-state index contributed by atoms with van der Waals surface area (Å²) in [6.45, 7) is 5.34. The first-order valence-electron chi connectivity index (χ1n) is 7.61. The van der Waals surface area contributed by atoms with Crippen molar-refractivity contribution in [3.05, 3.63) is 54.2 Å². The van der Waals surface area contributed by atoms with Crippen LogP contribution in [0.3, 0.4) is 0 Å². The van der Waals surface area contributed by atoms with E-state index in [4.69, 9.17) is 0 Å².